The zero-order chi connectivity index (χ0) is 21.8. The van der Waals surface area contributed by atoms with Crippen molar-refractivity contribution < 1.29 is 14.3 Å². The second-order valence-electron chi connectivity index (χ2n) is 6.45. The molecule has 0 spiro atoms. The molecule has 1 N–H and O–H groups in total. The number of amides is 1. The number of rotatable bonds is 4. The van der Waals surface area contributed by atoms with E-state index in [1.165, 1.54) is 30.7 Å². The first-order valence-electron chi connectivity index (χ1n) is 9.12. The smallest absolute Gasteiger partial charge is 0.369 e. The van der Waals surface area contributed by atoms with Crippen molar-refractivity contribution in [2.24, 2.45) is 5.10 Å². The molecule has 1 amide bonds. The van der Waals surface area contributed by atoms with Gasteiger partial charge < -0.3 is 10.4 Å². The fourth-order valence-electron chi connectivity index (χ4n) is 3.07. The molecule has 0 unspecified atom stereocenters. The number of pyridine rings is 1. The topological polar surface area (TPSA) is 132 Å². The van der Waals surface area contributed by atoms with Gasteiger partial charge in [-0.3, -0.25) is 9.78 Å². The predicted molar refractivity (Wildman–Crippen MR) is 111 cm³/mol. The highest BCUT2D eigenvalue weighted by molar-refractivity contribution is 5.95. The fraction of sp³-hybridized carbons (Fsp3) is 0. The van der Waals surface area contributed by atoms with Crippen molar-refractivity contribution >= 4 is 23.2 Å². The van der Waals surface area contributed by atoms with Crippen LogP contribution in [0.3, 0.4) is 0 Å². The van der Waals surface area contributed by atoms with E-state index in [1.807, 2.05) is 6.07 Å². The molecule has 0 radical (unpaired) electrons. The maximum Gasteiger partial charge on any atom is 0.369 e. The van der Waals surface area contributed by atoms with E-state index in [4.69, 9.17) is 0 Å². The van der Waals surface area contributed by atoms with Gasteiger partial charge in [0.1, 0.15) is 0 Å². The van der Waals surface area contributed by atoms with E-state index in [0.717, 1.165) is 0 Å². The van der Waals surface area contributed by atoms with Gasteiger partial charge in [0.25, 0.3) is 16.9 Å². The third-order valence-corrected chi connectivity index (χ3v) is 4.54. The van der Waals surface area contributed by atoms with Gasteiger partial charge in [0.05, 0.1) is 11.8 Å². The Balaban J connectivity index is 1.71. The molecule has 0 aliphatic rings. The second kappa shape index (κ2) is 8.26. The third kappa shape index (κ3) is 3.73. The van der Waals surface area contributed by atoms with Crippen LogP contribution in [0.4, 0.5) is 0 Å². The molecule has 2 aromatic carbocycles. The van der Waals surface area contributed by atoms with Crippen LogP contribution in [0.15, 0.2) is 78.2 Å². The Hall–Kier alpha value is -4.84. The summed E-state index contributed by atoms with van der Waals surface area (Å²) in [6.45, 7) is 0. The normalized spacial score (nSPS) is 10.8. The standard InChI is InChI=1S/C22H14N6O3/c23-13-20-21(16-4-2-1-3-5-16)28(31)18-7-6-15(12-19(18)27(20)30)14-25-26-22(29)17-8-10-24-11-9-17/h1-12,14H,(H,26,29)/b25-14+. The maximum atomic E-state index is 12.9. The summed E-state index contributed by atoms with van der Waals surface area (Å²) >= 11 is 0. The summed E-state index contributed by atoms with van der Waals surface area (Å²) in [6.07, 6.45) is 4.32. The summed E-state index contributed by atoms with van der Waals surface area (Å²) in [6, 6.07) is 17.9. The molecule has 0 bridgehead atoms. The number of nitrogens with one attached hydrogen (secondary N) is 1. The van der Waals surface area contributed by atoms with E-state index in [2.05, 4.69) is 15.5 Å². The van der Waals surface area contributed by atoms with Gasteiger partial charge in [-0.05, 0) is 30.3 Å². The lowest BCUT2D eigenvalue weighted by molar-refractivity contribution is -0.622. The molecule has 4 rings (SSSR count). The first-order valence-corrected chi connectivity index (χ1v) is 9.12. The summed E-state index contributed by atoms with van der Waals surface area (Å²) < 4.78 is 1.00. The number of hydrazone groups is 1. The van der Waals surface area contributed by atoms with Crippen molar-refractivity contribution in [3.63, 3.8) is 0 Å². The average molecular weight is 410 g/mol. The SMILES string of the molecule is N#Cc1c(-c2ccccc2)[n+]([O-])c2ccc(/C=N/NC(=O)c3ccncc3)cc2[n+]1[O-]. The Morgan fingerprint density at radius 2 is 1.77 bits per heavy atom. The molecule has 0 saturated heterocycles. The molecule has 0 saturated carbocycles. The Kier molecular flexibility index (Phi) is 5.19. The van der Waals surface area contributed by atoms with Gasteiger partial charge in [0, 0.05) is 35.7 Å². The molecule has 2 aromatic heterocycles. The van der Waals surface area contributed by atoms with Crippen LogP contribution in [0.25, 0.3) is 22.3 Å². The minimum absolute atomic E-state index is 0.00985. The van der Waals surface area contributed by atoms with Gasteiger partial charge in [-0.15, -0.1) is 4.73 Å². The molecule has 9 nitrogen and oxygen atoms in total. The van der Waals surface area contributed by atoms with Gasteiger partial charge in [-0.2, -0.15) is 15.1 Å². The first-order chi connectivity index (χ1) is 15.1. The van der Waals surface area contributed by atoms with E-state index in [9.17, 15) is 20.5 Å². The van der Waals surface area contributed by atoms with Crippen LogP contribution in [0, 0.1) is 21.7 Å². The fourth-order valence-corrected chi connectivity index (χ4v) is 3.07. The van der Waals surface area contributed by atoms with Crippen LogP contribution in [-0.4, -0.2) is 17.1 Å². The van der Waals surface area contributed by atoms with Crippen LogP contribution in [0.2, 0.25) is 0 Å². The van der Waals surface area contributed by atoms with Crippen molar-refractivity contribution in [3.05, 3.63) is 100 Å². The number of hydrogen-bond acceptors (Lipinski definition) is 6. The number of carbonyl (C=O) groups is 1. The van der Waals surface area contributed by atoms with E-state index >= 15 is 0 Å². The summed E-state index contributed by atoms with van der Waals surface area (Å²) in [4.78, 5) is 15.9. The summed E-state index contributed by atoms with van der Waals surface area (Å²) in [5.41, 5.74) is 3.47. The Morgan fingerprint density at radius 3 is 2.48 bits per heavy atom. The molecule has 0 aliphatic carbocycles. The minimum Gasteiger partial charge on any atom is -0.617 e. The molecule has 31 heavy (non-hydrogen) atoms. The van der Waals surface area contributed by atoms with Crippen LogP contribution in [-0.2, 0) is 0 Å². The largest absolute Gasteiger partial charge is 0.617 e. The number of nitrogens with zero attached hydrogens (tertiary/aromatic N) is 5. The highest BCUT2D eigenvalue weighted by atomic mass is 16.5. The van der Waals surface area contributed by atoms with Gasteiger partial charge in [0.15, 0.2) is 6.07 Å². The molecular formula is C22H14N6O3. The number of carbonyl (C=O) groups excluding carboxylic acids is 1. The van der Waals surface area contributed by atoms with Gasteiger partial charge in [-0.1, -0.05) is 18.2 Å². The third-order valence-electron chi connectivity index (χ3n) is 4.54. The van der Waals surface area contributed by atoms with E-state index in [0.29, 0.717) is 26.2 Å². The van der Waals surface area contributed by atoms with E-state index in [-0.39, 0.29) is 22.4 Å². The van der Waals surface area contributed by atoms with Gasteiger partial charge in [-0.25, -0.2) is 5.43 Å². The van der Waals surface area contributed by atoms with Crippen LogP contribution in [0.5, 0.6) is 0 Å². The van der Waals surface area contributed by atoms with Gasteiger partial charge >= 0.3 is 11.4 Å². The van der Waals surface area contributed by atoms with E-state index in [1.54, 1.807) is 48.5 Å². The molecular weight excluding hydrogens is 396 g/mol. The van der Waals surface area contributed by atoms with Crippen molar-refractivity contribution in [1.82, 2.24) is 10.4 Å². The molecule has 0 aliphatic heterocycles. The Labute approximate surface area is 176 Å². The molecule has 2 heterocycles. The zero-order valence-electron chi connectivity index (χ0n) is 16.0. The minimum atomic E-state index is -0.421. The predicted octanol–water partition coefficient (Wildman–Crippen LogP) is 1.80. The van der Waals surface area contributed by atoms with Crippen molar-refractivity contribution in [2.75, 3.05) is 0 Å². The number of nitriles is 1. The Morgan fingerprint density at radius 1 is 1.03 bits per heavy atom. The second-order valence-corrected chi connectivity index (χ2v) is 6.45. The van der Waals surface area contributed by atoms with Crippen molar-refractivity contribution in [2.45, 2.75) is 0 Å². The quantitative estimate of drug-likeness (QED) is 0.237. The molecule has 4 aromatic rings. The zero-order valence-corrected chi connectivity index (χ0v) is 16.0. The number of fused-ring (bicyclic) bond motifs is 1. The van der Waals surface area contributed by atoms with Crippen molar-refractivity contribution in [1.29, 1.82) is 5.26 Å². The summed E-state index contributed by atoms with van der Waals surface area (Å²) in [5, 5.41) is 39.2. The first kappa shape index (κ1) is 19.5. The lowest BCUT2D eigenvalue weighted by Crippen LogP contribution is -2.43. The highest BCUT2D eigenvalue weighted by Crippen LogP contribution is 2.20. The lowest BCUT2D eigenvalue weighted by atomic mass is 10.1. The lowest BCUT2D eigenvalue weighted by Gasteiger charge is -2.10. The number of hydrogen-bond donors (Lipinski definition) is 1. The average Bonchev–Trinajstić information content (AvgIpc) is 2.82. The van der Waals surface area contributed by atoms with Crippen LogP contribution < -0.4 is 14.9 Å². The highest BCUT2D eigenvalue weighted by Gasteiger charge is 2.29. The van der Waals surface area contributed by atoms with Gasteiger partial charge in [0.2, 0.25) is 0 Å². The molecule has 0 atom stereocenters. The summed E-state index contributed by atoms with van der Waals surface area (Å²) in [7, 11) is 0. The number of aromatic nitrogens is 3. The molecule has 150 valence electrons. The van der Waals surface area contributed by atoms with E-state index < -0.39 is 5.91 Å². The van der Waals surface area contributed by atoms with Crippen molar-refractivity contribution in [3.8, 4) is 17.3 Å². The monoisotopic (exact) mass is 410 g/mol. The maximum absolute atomic E-state index is 12.9. The van der Waals surface area contributed by atoms with Crippen LogP contribution in [0.1, 0.15) is 21.6 Å². The summed E-state index contributed by atoms with van der Waals surface area (Å²) in [5.74, 6) is -0.421. The number of benzene rings is 2. The molecule has 0 fully saturated rings. The molecule has 9 heteroatoms. The Bertz CT molecular complexity index is 1350. The van der Waals surface area contributed by atoms with Crippen LogP contribution >= 0.6 is 0 Å².